The van der Waals surface area contributed by atoms with Gasteiger partial charge in [-0.2, -0.15) is 5.10 Å². The second-order valence-electron chi connectivity index (χ2n) is 5.16. The fourth-order valence-electron chi connectivity index (χ4n) is 2.64. The standard InChI is InChI=1S/C13H19N3O3/c1-2-9-3-6-13(7-4-9,12(18)19)15-11(17)10-5-8-14-16-10/h5,8-9H,2-4,6-7H2,1H3,(H,14,16)(H,15,17)(H,18,19). The van der Waals surface area contributed by atoms with Crippen LogP contribution in [0.1, 0.15) is 49.5 Å². The molecule has 1 aliphatic rings. The first-order chi connectivity index (χ1) is 9.07. The Labute approximate surface area is 111 Å². The smallest absolute Gasteiger partial charge is 0.329 e. The van der Waals surface area contributed by atoms with Crippen LogP contribution in [0.2, 0.25) is 0 Å². The topological polar surface area (TPSA) is 95.1 Å². The number of H-pyrrole nitrogens is 1. The highest BCUT2D eigenvalue weighted by Gasteiger charge is 2.43. The second kappa shape index (κ2) is 5.42. The van der Waals surface area contributed by atoms with Crippen molar-refractivity contribution in [2.75, 3.05) is 0 Å². The van der Waals surface area contributed by atoms with Gasteiger partial charge < -0.3 is 10.4 Å². The molecule has 6 nitrogen and oxygen atoms in total. The molecule has 104 valence electrons. The molecule has 0 radical (unpaired) electrons. The van der Waals surface area contributed by atoms with E-state index in [1.165, 1.54) is 12.3 Å². The molecule has 2 rings (SSSR count). The van der Waals surface area contributed by atoms with Crippen molar-refractivity contribution in [1.29, 1.82) is 0 Å². The summed E-state index contributed by atoms with van der Waals surface area (Å²) in [6.45, 7) is 2.11. The Hall–Kier alpha value is -1.85. The van der Waals surface area contributed by atoms with Crippen LogP contribution in [0.25, 0.3) is 0 Å². The molecule has 1 aromatic heterocycles. The number of aromatic nitrogens is 2. The lowest BCUT2D eigenvalue weighted by molar-refractivity contribution is -0.146. The number of nitrogens with zero attached hydrogens (tertiary/aromatic N) is 1. The van der Waals surface area contributed by atoms with Crippen molar-refractivity contribution in [1.82, 2.24) is 15.5 Å². The molecule has 0 aliphatic heterocycles. The number of carbonyl (C=O) groups is 2. The molecule has 0 aromatic carbocycles. The van der Waals surface area contributed by atoms with Gasteiger partial charge in [0.2, 0.25) is 0 Å². The van der Waals surface area contributed by atoms with Crippen molar-refractivity contribution in [3.63, 3.8) is 0 Å². The zero-order valence-corrected chi connectivity index (χ0v) is 11.0. The van der Waals surface area contributed by atoms with Gasteiger partial charge in [0.05, 0.1) is 0 Å². The molecule has 19 heavy (non-hydrogen) atoms. The van der Waals surface area contributed by atoms with E-state index in [1.807, 2.05) is 0 Å². The van der Waals surface area contributed by atoms with Gasteiger partial charge in [-0.3, -0.25) is 9.89 Å². The number of carbonyl (C=O) groups excluding carboxylic acids is 1. The van der Waals surface area contributed by atoms with E-state index < -0.39 is 17.4 Å². The van der Waals surface area contributed by atoms with Crippen molar-refractivity contribution in [2.24, 2.45) is 5.92 Å². The maximum atomic E-state index is 12.0. The summed E-state index contributed by atoms with van der Waals surface area (Å²) in [5, 5.41) is 18.4. The van der Waals surface area contributed by atoms with Gasteiger partial charge in [-0.25, -0.2) is 4.79 Å². The molecule has 0 spiro atoms. The largest absolute Gasteiger partial charge is 0.480 e. The number of aliphatic carboxylic acids is 1. The molecule has 1 amide bonds. The second-order valence-corrected chi connectivity index (χ2v) is 5.16. The normalized spacial score (nSPS) is 26.9. The summed E-state index contributed by atoms with van der Waals surface area (Å²) >= 11 is 0. The van der Waals surface area contributed by atoms with Crippen LogP contribution < -0.4 is 5.32 Å². The molecule has 0 bridgehead atoms. The predicted octanol–water partition coefficient (Wildman–Crippen LogP) is 1.56. The van der Waals surface area contributed by atoms with E-state index in [0.717, 1.165) is 19.3 Å². The van der Waals surface area contributed by atoms with E-state index in [0.29, 0.717) is 24.5 Å². The van der Waals surface area contributed by atoms with Gasteiger partial charge in [-0.1, -0.05) is 13.3 Å². The summed E-state index contributed by atoms with van der Waals surface area (Å²) in [5.74, 6) is -0.790. The van der Waals surface area contributed by atoms with Gasteiger partial charge in [0.25, 0.3) is 5.91 Å². The third-order valence-corrected chi connectivity index (χ3v) is 4.04. The van der Waals surface area contributed by atoms with Crippen LogP contribution in [-0.2, 0) is 4.79 Å². The van der Waals surface area contributed by atoms with Crippen LogP contribution in [0, 0.1) is 5.92 Å². The summed E-state index contributed by atoms with van der Waals surface area (Å²) in [6.07, 6.45) is 5.18. The summed E-state index contributed by atoms with van der Waals surface area (Å²) < 4.78 is 0. The van der Waals surface area contributed by atoms with E-state index >= 15 is 0 Å². The van der Waals surface area contributed by atoms with Crippen molar-refractivity contribution in [3.8, 4) is 0 Å². The van der Waals surface area contributed by atoms with E-state index in [-0.39, 0.29) is 0 Å². The maximum Gasteiger partial charge on any atom is 0.329 e. The molecule has 1 aliphatic carbocycles. The highest BCUT2D eigenvalue weighted by Crippen LogP contribution is 2.34. The third-order valence-electron chi connectivity index (χ3n) is 4.04. The van der Waals surface area contributed by atoms with Gasteiger partial charge in [-0.15, -0.1) is 0 Å². The molecule has 0 saturated heterocycles. The van der Waals surface area contributed by atoms with Crippen molar-refractivity contribution >= 4 is 11.9 Å². The number of amides is 1. The van der Waals surface area contributed by atoms with E-state index in [4.69, 9.17) is 0 Å². The molecular formula is C13H19N3O3. The Balaban J connectivity index is 2.09. The summed E-state index contributed by atoms with van der Waals surface area (Å²) in [4.78, 5) is 23.5. The third kappa shape index (κ3) is 2.77. The Morgan fingerprint density at radius 2 is 2.21 bits per heavy atom. The zero-order chi connectivity index (χ0) is 13.9. The first-order valence-corrected chi connectivity index (χ1v) is 6.62. The molecule has 1 saturated carbocycles. The molecule has 1 fully saturated rings. The molecule has 6 heteroatoms. The highest BCUT2D eigenvalue weighted by atomic mass is 16.4. The molecule has 3 N–H and O–H groups in total. The molecular weight excluding hydrogens is 246 g/mol. The van der Waals surface area contributed by atoms with Crippen LogP contribution in [0.4, 0.5) is 0 Å². The minimum absolute atomic E-state index is 0.290. The van der Waals surface area contributed by atoms with Crippen LogP contribution in [0.5, 0.6) is 0 Å². The lowest BCUT2D eigenvalue weighted by Gasteiger charge is -2.37. The minimum atomic E-state index is -1.13. The Kier molecular flexibility index (Phi) is 3.87. The average Bonchev–Trinajstić information content (AvgIpc) is 2.93. The van der Waals surface area contributed by atoms with Gasteiger partial charge in [0.1, 0.15) is 11.2 Å². The monoisotopic (exact) mass is 265 g/mol. The predicted molar refractivity (Wildman–Crippen MR) is 68.7 cm³/mol. The number of carboxylic acids is 1. The van der Waals surface area contributed by atoms with Crippen LogP contribution in [0.15, 0.2) is 12.3 Å². The van der Waals surface area contributed by atoms with E-state index in [1.54, 1.807) is 0 Å². The van der Waals surface area contributed by atoms with Gasteiger partial charge in [0, 0.05) is 6.20 Å². The summed E-state index contributed by atoms with van der Waals surface area (Å²) in [7, 11) is 0. The zero-order valence-electron chi connectivity index (χ0n) is 11.0. The van der Waals surface area contributed by atoms with Gasteiger partial charge >= 0.3 is 5.97 Å². The Bertz CT molecular complexity index is 448. The fourth-order valence-corrected chi connectivity index (χ4v) is 2.64. The minimum Gasteiger partial charge on any atom is -0.480 e. The molecule has 0 unspecified atom stereocenters. The van der Waals surface area contributed by atoms with E-state index in [9.17, 15) is 14.7 Å². The molecule has 0 atom stereocenters. The maximum absolute atomic E-state index is 12.0. The number of rotatable bonds is 4. The van der Waals surface area contributed by atoms with Crippen molar-refractivity contribution in [3.05, 3.63) is 18.0 Å². The Morgan fingerprint density at radius 3 is 2.68 bits per heavy atom. The lowest BCUT2D eigenvalue weighted by atomic mass is 9.75. The summed E-state index contributed by atoms with van der Waals surface area (Å²) in [5.41, 5.74) is -0.841. The first kappa shape index (κ1) is 13.6. The SMILES string of the molecule is CCC1CCC(NC(=O)c2ccn[nH]2)(C(=O)O)CC1. The van der Waals surface area contributed by atoms with Crippen LogP contribution >= 0.6 is 0 Å². The number of hydrogen-bond donors (Lipinski definition) is 3. The fraction of sp³-hybridized carbons (Fsp3) is 0.615. The van der Waals surface area contributed by atoms with E-state index in [2.05, 4.69) is 22.4 Å². The van der Waals surface area contributed by atoms with Crippen molar-refractivity contribution in [2.45, 2.75) is 44.6 Å². The first-order valence-electron chi connectivity index (χ1n) is 6.62. The van der Waals surface area contributed by atoms with Crippen LogP contribution in [-0.4, -0.2) is 32.7 Å². The summed E-state index contributed by atoms with van der Waals surface area (Å²) in [6, 6.07) is 1.53. The quantitative estimate of drug-likeness (QED) is 0.770. The Morgan fingerprint density at radius 1 is 1.53 bits per heavy atom. The molecule has 1 aromatic rings. The molecule has 1 heterocycles. The van der Waals surface area contributed by atoms with Crippen LogP contribution in [0.3, 0.4) is 0 Å². The number of nitrogens with one attached hydrogen (secondary N) is 2. The number of carboxylic acid groups (broad SMARTS) is 1. The number of hydrogen-bond acceptors (Lipinski definition) is 3. The highest BCUT2D eigenvalue weighted by molar-refractivity contribution is 5.96. The lowest BCUT2D eigenvalue weighted by Crippen LogP contribution is -2.56. The van der Waals surface area contributed by atoms with Gasteiger partial charge in [0.15, 0.2) is 0 Å². The average molecular weight is 265 g/mol. The van der Waals surface area contributed by atoms with Gasteiger partial charge in [-0.05, 0) is 37.7 Å². The number of aromatic amines is 1. The van der Waals surface area contributed by atoms with Crippen molar-refractivity contribution < 1.29 is 14.7 Å².